The van der Waals surface area contributed by atoms with Gasteiger partial charge >= 0.3 is 11.9 Å². The zero-order valence-electron chi connectivity index (χ0n) is 16.9. The molecular weight excluding hydrogens is 427 g/mol. The van der Waals surface area contributed by atoms with E-state index in [1.54, 1.807) is 24.3 Å². The summed E-state index contributed by atoms with van der Waals surface area (Å²) < 4.78 is 44.1. The maximum absolute atomic E-state index is 12.7. The predicted octanol–water partition coefficient (Wildman–Crippen LogP) is 2.70. The van der Waals surface area contributed by atoms with E-state index in [2.05, 4.69) is 15.4 Å². The molecule has 1 aromatic carbocycles. The minimum atomic E-state index is -4.42. The van der Waals surface area contributed by atoms with Crippen molar-refractivity contribution in [2.75, 3.05) is 18.0 Å². The van der Waals surface area contributed by atoms with E-state index in [1.807, 2.05) is 11.0 Å². The van der Waals surface area contributed by atoms with E-state index < -0.39 is 17.5 Å². The molecule has 4 rings (SSSR count). The zero-order chi connectivity index (χ0) is 22.7. The number of nitrogens with zero attached hydrogens (tertiary/aromatic N) is 4. The van der Waals surface area contributed by atoms with Crippen molar-refractivity contribution in [1.29, 1.82) is 0 Å². The first-order valence-corrected chi connectivity index (χ1v) is 10.0. The maximum atomic E-state index is 12.7. The lowest BCUT2D eigenvalue weighted by molar-refractivity contribution is -0.137. The highest BCUT2D eigenvalue weighted by molar-refractivity contribution is 5.76. The van der Waals surface area contributed by atoms with E-state index >= 15 is 0 Å². The van der Waals surface area contributed by atoms with Crippen molar-refractivity contribution in [2.45, 2.75) is 31.6 Å². The summed E-state index contributed by atoms with van der Waals surface area (Å²) in [6.07, 6.45) is -2.41. The van der Waals surface area contributed by atoms with Crippen molar-refractivity contribution in [3.05, 3.63) is 64.8 Å². The second kappa shape index (κ2) is 8.85. The quantitative estimate of drug-likeness (QED) is 0.647. The average Bonchev–Trinajstić information content (AvgIpc) is 3.14. The molecule has 1 N–H and O–H groups in total. The van der Waals surface area contributed by atoms with Crippen LogP contribution in [-0.2, 0) is 17.5 Å². The van der Waals surface area contributed by atoms with Gasteiger partial charge in [0, 0.05) is 30.9 Å². The minimum absolute atomic E-state index is 0.121. The number of amides is 1. The Bertz CT molecular complexity index is 1120. The molecule has 11 heteroatoms. The van der Waals surface area contributed by atoms with Gasteiger partial charge in [-0.2, -0.15) is 17.9 Å². The number of hydrogen-bond acceptors (Lipinski definition) is 6. The molecule has 1 saturated heterocycles. The molecule has 0 aliphatic carbocycles. The molecule has 32 heavy (non-hydrogen) atoms. The molecule has 0 saturated carbocycles. The normalized spacial score (nSPS) is 15.0. The summed E-state index contributed by atoms with van der Waals surface area (Å²) in [6.45, 7) is 0.798. The number of rotatable bonds is 5. The van der Waals surface area contributed by atoms with Gasteiger partial charge in [-0.3, -0.25) is 4.79 Å². The first-order chi connectivity index (χ1) is 15.3. The fourth-order valence-corrected chi connectivity index (χ4v) is 3.51. The van der Waals surface area contributed by atoms with E-state index in [1.165, 1.54) is 6.07 Å². The van der Waals surface area contributed by atoms with E-state index in [0.717, 1.165) is 16.9 Å². The second-order valence-electron chi connectivity index (χ2n) is 7.43. The lowest BCUT2D eigenvalue weighted by Crippen LogP contribution is -2.46. The molecule has 0 unspecified atom stereocenters. The molecule has 1 aliphatic rings. The van der Waals surface area contributed by atoms with Crippen LogP contribution in [0.1, 0.15) is 18.4 Å². The summed E-state index contributed by atoms with van der Waals surface area (Å²) in [4.78, 5) is 30.2. The van der Waals surface area contributed by atoms with Gasteiger partial charge in [0.2, 0.25) is 11.8 Å². The average molecular weight is 447 g/mol. The Kier molecular flexibility index (Phi) is 5.97. The predicted molar refractivity (Wildman–Crippen MR) is 109 cm³/mol. The van der Waals surface area contributed by atoms with Crippen LogP contribution in [0.4, 0.5) is 19.0 Å². The standard InChI is InChI=1S/C21H20F3N5O3/c22-21(23,24)15-6-7-17(25-12-15)28-10-8-16(9-11-28)26-18(30)13-29-20(31)32-19(27-29)14-4-2-1-3-5-14/h1-7,12,16H,8-11,13H2,(H,26,30). The molecule has 1 aliphatic heterocycles. The van der Waals surface area contributed by atoms with Crippen LogP contribution < -0.4 is 16.0 Å². The largest absolute Gasteiger partial charge is 0.437 e. The summed E-state index contributed by atoms with van der Waals surface area (Å²) in [5.74, 6) is -0.487. The minimum Gasteiger partial charge on any atom is -0.388 e. The summed E-state index contributed by atoms with van der Waals surface area (Å²) >= 11 is 0. The summed E-state index contributed by atoms with van der Waals surface area (Å²) in [5, 5.41) is 6.94. The lowest BCUT2D eigenvalue weighted by atomic mass is 10.0. The Hall–Kier alpha value is -3.63. The van der Waals surface area contributed by atoms with Gasteiger partial charge in [-0.1, -0.05) is 18.2 Å². The third-order valence-corrected chi connectivity index (χ3v) is 5.18. The number of carbonyl (C=O) groups is 1. The first-order valence-electron chi connectivity index (χ1n) is 10.0. The summed E-state index contributed by atoms with van der Waals surface area (Å²) in [6, 6.07) is 11.1. The smallest absolute Gasteiger partial charge is 0.388 e. The summed E-state index contributed by atoms with van der Waals surface area (Å²) in [5.41, 5.74) is -0.157. The highest BCUT2D eigenvalue weighted by Crippen LogP contribution is 2.29. The highest BCUT2D eigenvalue weighted by atomic mass is 19.4. The molecule has 8 nitrogen and oxygen atoms in total. The number of hydrogen-bond donors (Lipinski definition) is 1. The number of alkyl halides is 3. The van der Waals surface area contributed by atoms with Crippen molar-refractivity contribution < 1.29 is 22.4 Å². The third-order valence-electron chi connectivity index (χ3n) is 5.18. The number of anilines is 1. The molecule has 3 aromatic rings. The molecule has 0 spiro atoms. The van der Waals surface area contributed by atoms with Gasteiger partial charge < -0.3 is 14.6 Å². The van der Waals surface area contributed by atoms with Gasteiger partial charge in [0.25, 0.3) is 0 Å². The van der Waals surface area contributed by atoms with Crippen LogP contribution in [-0.4, -0.2) is 39.8 Å². The number of carbonyl (C=O) groups excluding carboxylic acids is 1. The zero-order valence-corrected chi connectivity index (χ0v) is 16.9. The number of nitrogens with one attached hydrogen (secondary N) is 1. The number of benzene rings is 1. The second-order valence-corrected chi connectivity index (χ2v) is 7.43. The highest BCUT2D eigenvalue weighted by Gasteiger charge is 2.31. The van der Waals surface area contributed by atoms with Crippen molar-refractivity contribution in [1.82, 2.24) is 20.1 Å². The molecule has 3 heterocycles. The Morgan fingerprint density at radius 2 is 1.84 bits per heavy atom. The first kappa shape index (κ1) is 21.6. The van der Waals surface area contributed by atoms with E-state index in [4.69, 9.17) is 4.42 Å². The van der Waals surface area contributed by atoms with E-state index in [9.17, 15) is 22.8 Å². The van der Waals surface area contributed by atoms with Gasteiger partial charge in [-0.05, 0) is 37.1 Å². The Morgan fingerprint density at radius 3 is 2.47 bits per heavy atom. The molecule has 1 amide bonds. The number of piperidine rings is 1. The monoisotopic (exact) mass is 447 g/mol. The van der Waals surface area contributed by atoms with Crippen LogP contribution in [0.3, 0.4) is 0 Å². The number of pyridine rings is 1. The van der Waals surface area contributed by atoms with Crippen LogP contribution in [0.5, 0.6) is 0 Å². The molecule has 0 atom stereocenters. The fraction of sp³-hybridized carbons (Fsp3) is 0.333. The maximum Gasteiger partial charge on any atom is 0.437 e. The van der Waals surface area contributed by atoms with Crippen LogP contribution in [0, 0.1) is 0 Å². The Morgan fingerprint density at radius 1 is 1.12 bits per heavy atom. The molecule has 168 valence electrons. The van der Waals surface area contributed by atoms with Gasteiger partial charge in [0.05, 0.1) is 5.56 Å². The number of aromatic nitrogens is 3. The molecule has 0 bridgehead atoms. The van der Waals surface area contributed by atoms with Gasteiger partial charge in [0.15, 0.2) is 0 Å². The van der Waals surface area contributed by atoms with Crippen LogP contribution >= 0.6 is 0 Å². The fourth-order valence-electron chi connectivity index (χ4n) is 3.51. The molecule has 0 radical (unpaired) electrons. The van der Waals surface area contributed by atoms with Gasteiger partial charge in [0.1, 0.15) is 12.4 Å². The van der Waals surface area contributed by atoms with Crippen LogP contribution in [0.2, 0.25) is 0 Å². The van der Waals surface area contributed by atoms with Crippen molar-refractivity contribution in [3.8, 4) is 11.5 Å². The van der Waals surface area contributed by atoms with Crippen molar-refractivity contribution in [2.24, 2.45) is 0 Å². The SMILES string of the molecule is O=C(Cn1nc(-c2ccccc2)oc1=O)NC1CCN(c2ccc(C(F)(F)F)cn2)CC1. The Labute approximate surface area is 180 Å². The third kappa shape index (κ3) is 4.98. The topological polar surface area (TPSA) is 93.3 Å². The van der Waals surface area contributed by atoms with Crippen LogP contribution in [0.15, 0.2) is 57.9 Å². The van der Waals surface area contributed by atoms with Gasteiger partial charge in [-0.25, -0.2) is 9.78 Å². The summed E-state index contributed by atoms with van der Waals surface area (Å²) in [7, 11) is 0. The molecule has 2 aromatic heterocycles. The van der Waals surface area contributed by atoms with Crippen molar-refractivity contribution in [3.63, 3.8) is 0 Å². The van der Waals surface area contributed by atoms with E-state index in [0.29, 0.717) is 37.3 Å². The molecular formula is C21H20F3N5O3. The van der Waals surface area contributed by atoms with E-state index in [-0.39, 0.29) is 24.4 Å². The Balaban J connectivity index is 1.30. The van der Waals surface area contributed by atoms with Gasteiger partial charge in [-0.15, -0.1) is 5.10 Å². The van der Waals surface area contributed by atoms with Crippen molar-refractivity contribution >= 4 is 11.7 Å². The van der Waals surface area contributed by atoms with Crippen LogP contribution in [0.25, 0.3) is 11.5 Å². The lowest BCUT2D eigenvalue weighted by Gasteiger charge is -2.33. The molecule has 1 fully saturated rings. The number of halogens is 3.